The number of para-hydroxylation sites is 1. The molecule has 0 spiro atoms. The maximum Gasteiger partial charge on any atom is 0.231 e. The highest BCUT2D eigenvalue weighted by Gasteiger charge is 2.15. The van der Waals surface area contributed by atoms with Gasteiger partial charge in [0.15, 0.2) is 0 Å². The van der Waals surface area contributed by atoms with Crippen LogP contribution in [0.2, 0.25) is 0 Å². The predicted molar refractivity (Wildman–Crippen MR) is 106 cm³/mol. The lowest BCUT2D eigenvalue weighted by molar-refractivity contribution is -0.117. The Morgan fingerprint density at radius 3 is 2.62 bits per heavy atom. The first-order valence-corrected chi connectivity index (χ1v) is 8.85. The lowest BCUT2D eigenvalue weighted by atomic mass is 10.1. The molecule has 0 fully saturated rings. The monoisotopic (exact) mass is 343 g/mol. The first kappa shape index (κ1) is 16.3. The molecule has 0 bridgehead atoms. The van der Waals surface area contributed by atoms with Gasteiger partial charge in [-0.2, -0.15) is 0 Å². The van der Waals surface area contributed by atoms with Gasteiger partial charge in [-0.25, -0.2) is 0 Å². The molecule has 0 saturated heterocycles. The van der Waals surface area contributed by atoms with E-state index in [1.807, 2.05) is 25.2 Å². The number of carbonyl (C=O) groups excluding carboxylic acids is 1. The summed E-state index contributed by atoms with van der Waals surface area (Å²) in [6.45, 7) is 3.07. The number of likely N-dealkylation sites (N-methyl/N-ethyl adjacent to an activating group) is 1. The van der Waals surface area contributed by atoms with Crippen LogP contribution in [0, 0.1) is 0 Å². The number of benzene rings is 2. The molecule has 4 nitrogen and oxygen atoms in total. The fraction of sp³-hybridized carbons (Fsp3) is 0.182. The summed E-state index contributed by atoms with van der Waals surface area (Å²) in [5.74, 6) is 0.0524. The van der Waals surface area contributed by atoms with E-state index in [9.17, 15) is 4.79 Å². The number of hydrogen-bond donors (Lipinski definition) is 0. The van der Waals surface area contributed by atoms with Crippen LogP contribution in [0.4, 0.5) is 5.69 Å². The third-order valence-corrected chi connectivity index (χ3v) is 4.91. The van der Waals surface area contributed by atoms with Gasteiger partial charge in [0.2, 0.25) is 5.91 Å². The van der Waals surface area contributed by atoms with E-state index in [0.717, 1.165) is 17.8 Å². The van der Waals surface area contributed by atoms with Gasteiger partial charge in [0.1, 0.15) is 0 Å². The Morgan fingerprint density at radius 2 is 1.85 bits per heavy atom. The van der Waals surface area contributed by atoms with E-state index >= 15 is 0 Å². The van der Waals surface area contributed by atoms with Crippen LogP contribution < -0.4 is 4.90 Å². The molecule has 2 aromatic carbocycles. The van der Waals surface area contributed by atoms with E-state index in [1.54, 1.807) is 17.3 Å². The number of anilines is 1. The molecule has 0 N–H and O–H groups in total. The van der Waals surface area contributed by atoms with E-state index in [2.05, 4.69) is 52.9 Å². The molecule has 2 heterocycles. The smallest absolute Gasteiger partial charge is 0.231 e. The van der Waals surface area contributed by atoms with E-state index in [-0.39, 0.29) is 5.91 Å². The quantitative estimate of drug-likeness (QED) is 0.550. The van der Waals surface area contributed by atoms with Gasteiger partial charge in [0.25, 0.3) is 0 Å². The zero-order valence-electron chi connectivity index (χ0n) is 15.0. The molecular formula is C22H21N3O. The third-order valence-electron chi connectivity index (χ3n) is 4.91. The van der Waals surface area contributed by atoms with Gasteiger partial charge < -0.3 is 9.47 Å². The standard InChI is InChI=1S/C22H21N3O/c1-3-25-20-9-5-4-8-18(20)19-14-17(10-11-21(19)25)24(2)22(26)13-16-7-6-12-23-15-16/h4-12,14-15H,3,13H2,1-2H3. The molecule has 4 aromatic rings. The van der Waals surface area contributed by atoms with Crippen LogP contribution >= 0.6 is 0 Å². The van der Waals surface area contributed by atoms with Crippen molar-refractivity contribution < 1.29 is 4.79 Å². The maximum atomic E-state index is 12.7. The number of aryl methyl sites for hydroxylation is 1. The molecule has 2 aromatic heterocycles. The van der Waals surface area contributed by atoms with Crippen molar-refractivity contribution in [3.05, 3.63) is 72.6 Å². The topological polar surface area (TPSA) is 38.1 Å². The highest BCUT2D eigenvalue weighted by atomic mass is 16.2. The predicted octanol–water partition coefficient (Wildman–Crippen LogP) is 4.41. The Bertz CT molecular complexity index is 1080. The van der Waals surface area contributed by atoms with Crippen molar-refractivity contribution in [3.63, 3.8) is 0 Å². The lowest BCUT2D eigenvalue weighted by Gasteiger charge is -2.18. The summed E-state index contributed by atoms with van der Waals surface area (Å²) in [4.78, 5) is 18.5. The lowest BCUT2D eigenvalue weighted by Crippen LogP contribution is -2.27. The largest absolute Gasteiger partial charge is 0.341 e. The molecule has 0 unspecified atom stereocenters. The molecule has 0 aliphatic heterocycles. The van der Waals surface area contributed by atoms with Gasteiger partial charge in [-0.3, -0.25) is 9.78 Å². The second kappa shape index (κ2) is 6.64. The van der Waals surface area contributed by atoms with Crippen molar-refractivity contribution in [3.8, 4) is 0 Å². The van der Waals surface area contributed by atoms with Gasteiger partial charge in [-0.15, -0.1) is 0 Å². The molecule has 0 aliphatic carbocycles. The van der Waals surface area contributed by atoms with Gasteiger partial charge >= 0.3 is 0 Å². The van der Waals surface area contributed by atoms with E-state index < -0.39 is 0 Å². The zero-order valence-corrected chi connectivity index (χ0v) is 15.0. The van der Waals surface area contributed by atoms with Crippen molar-refractivity contribution in [2.75, 3.05) is 11.9 Å². The van der Waals surface area contributed by atoms with Crippen molar-refractivity contribution in [2.45, 2.75) is 19.9 Å². The Morgan fingerprint density at radius 1 is 1.04 bits per heavy atom. The van der Waals surface area contributed by atoms with Crippen LogP contribution in [0.1, 0.15) is 12.5 Å². The van der Waals surface area contributed by atoms with E-state index in [1.165, 1.54) is 21.8 Å². The fourth-order valence-corrected chi connectivity index (χ4v) is 3.53. The molecule has 0 radical (unpaired) electrons. The van der Waals surface area contributed by atoms with Gasteiger partial charge in [-0.1, -0.05) is 24.3 Å². The SMILES string of the molecule is CCn1c2ccccc2c2cc(N(C)C(=O)Cc3cccnc3)ccc21. The summed E-state index contributed by atoms with van der Waals surface area (Å²) >= 11 is 0. The molecule has 1 amide bonds. The first-order valence-electron chi connectivity index (χ1n) is 8.85. The Hall–Kier alpha value is -3.14. The maximum absolute atomic E-state index is 12.7. The van der Waals surface area contributed by atoms with Gasteiger partial charge in [0.05, 0.1) is 6.42 Å². The molecule has 4 rings (SSSR count). The molecule has 4 heteroatoms. The van der Waals surface area contributed by atoms with E-state index in [4.69, 9.17) is 0 Å². The molecule has 130 valence electrons. The number of rotatable bonds is 4. The first-order chi connectivity index (χ1) is 12.7. The Balaban J connectivity index is 1.73. The molecule has 26 heavy (non-hydrogen) atoms. The number of pyridine rings is 1. The normalized spacial score (nSPS) is 11.2. The van der Waals surface area contributed by atoms with Crippen molar-refractivity contribution in [1.82, 2.24) is 9.55 Å². The number of nitrogens with zero attached hydrogens (tertiary/aromatic N) is 3. The Labute approximate surface area is 152 Å². The summed E-state index contributed by atoms with van der Waals surface area (Å²) in [5.41, 5.74) is 4.26. The molecular weight excluding hydrogens is 322 g/mol. The van der Waals surface area contributed by atoms with Crippen LogP contribution in [0.25, 0.3) is 21.8 Å². The zero-order chi connectivity index (χ0) is 18.1. The van der Waals surface area contributed by atoms with Gasteiger partial charge in [-0.05, 0) is 42.8 Å². The number of fused-ring (bicyclic) bond motifs is 3. The number of aromatic nitrogens is 2. The molecule has 0 atom stereocenters. The minimum Gasteiger partial charge on any atom is -0.341 e. The number of hydrogen-bond acceptors (Lipinski definition) is 2. The van der Waals surface area contributed by atoms with Crippen molar-refractivity contribution in [2.24, 2.45) is 0 Å². The third kappa shape index (κ3) is 2.73. The fourth-order valence-electron chi connectivity index (χ4n) is 3.53. The molecule has 0 aliphatic rings. The van der Waals surface area contributed by atoms with Crippen molar-refractivity contribution in [1.29, 1.82) is 0 Å². The summed E-state index contributed by atoms with van der Waals surface area (Å²) in [7, 11) is 1.83. The summed E-state index contributed by atoms with van der Waals surface area (Å²) in [5, 5.41) is 2.40. The minimum absolute atomic E-state index is 0.0524. The summed E-state index contributed by atoms with van der Waals surface area (Å²) < 4.78 is 2.31. The second-order valence-corrected chi connectivity index (χ2v) is 6.45. The minimum atomic E-state index is 0.0524. The number of amides is 1. The van der Waals surface area contributed by atoms with E-state index in [0.29, 0.717) is 6.42 Å². The van der Waals surface area contributed by atoms with Gasteiger partial charge in [0, 0.05) is 53.5 Å². The van der Waals surface area contributed by atoms with Crippen LogP contribution in [-0.4, -0.2) is 22.5 Å². The van der Waals surface area contributed by atoms with Crippen LogP contribution in [0.5, 0.6) is 0 Å². The highest BCUT2D eigenvalue weighted by molar-refractivity contribution is 6.10. The number of carbonyl (C=O) groups is 1. The van der Waals surface area contributed by atoms with Crippen LogP contribution in [0.15, 0.2) is 67.0 Å². The highest BCUT2D eigenvalue weighted by Crippen LogP contribution is 2.31. The average molecular weight is 343 g/mol. The summed E-state index contributed by atoms with van der Waals surface area (Å²) in [6.07, 6.45) is 3.80. The second-order valence-electron chi connectivity index (χ2n) is 6.45. The molecule has 0 saturated carbocycles. The van der Waals surface area contributed by atoms with Crippen LogP contribution in [-0.2, 0) is 17.8 Å². The Kier molecular flexibility index (Phi) is 4.17. The average Bonchev–Trinajstić information content (AvgIpc) is 3.01. The summed E-state index contributed by atoms with van der Waals surface area (Å²) in [6, 6.07) is 18.5. The van der Waals surface area contributed by atoms with Crippen LogP contribution in [0.3, 0.4) is 0 Å². The van der Waals surface area contributed by atoms with Crippen molar-refractivity contribution >= 4 is 33.4 Å².